The quantitative estimate of drug-likeness (QED) is 0.541. The standard InChI is InChI=1S/C19H22FN5OS2/c1-2-4-17-21-15(12-27-17)13-28-19-23-22-18(24-7-9-26-10-8-24)25(19)16-6-3-5-14(20)11-16/h3,5-6,11-12H,2,4,7-10,13H2,1H3. The topological polar surface area (TPSA) is 56.1 Å². The van der Waals surface area contributed by atoms with Crippen LogP contribution >= 0.6 is 23.1 Å². The summed E-state index contributed by atoms with van der Waals surface area (Å²) in [5.41, 5.74) is 1.76. The van der Waals surface area contributed by atoms with E-state index in [-0.39, 0.29) is 5.82 Å². The molecular formula is C19H22FN5OS2. The fourth-order valence-electron chi connectivity index (χ4n) is 3.05. The van der Waals surface area contributed by atoms with Crippen LogP contribution in [-0.4, -0.2) is 46.1 Å². The van der Waals surface area contributed by atoms with Crippen molar-refractivity contribution >= 4 is 29.0 Å². The number of nitrogens with zero attached hydrogens (tertiary/aromatic N) is 5. The van der Waals surface area contributed by atoms with Crippen LogP contribution in [0.5, 0.6) is 0 Å². The maximum atomic E-state index is 13.9. The monoisotopic (exact) mass is 419 g/mol. The summed E-state index contributed by atoms with van der Waals surface area (Å²) in [5.74, 6) is 1.15. The maximum Gasteiger partial charge on any atom is 0.232 e. The first kappa shape index (κ1) is 19.4. The van der Waals surface area contributed by atoms with Gasteiger partial charge < -0.3 is 9.64 Å². The van der Waals surface area contributed by atoms with Gasteiger partial charge in [0.25, 0.3) is 0 Å². The van der Waals surface area contributed by atoms with E-state index in [0.717, 1.165) is 48.4 Å². The summed E-state index contributed by atoms with van der Waals surface area (Å²) in [6, 6.07) is 6.54. The lowest BCUT2D eigenvalue weighted by Crippen LogP contribution is -2.37. The number of thiazole rings is 1. The summed E-state index contributed by atoms with van der Waals surface area (Å²) in [6.45, 7) is 4.94. The van der Waals surface area contributed by atoms with Gasteiger partial charge in [0.15, 0.2) is 5.16 Å². The molecule has 0 N–H and O–H groups in total. The van der Waals surface area contributed by atoms with Gasteiger partial charge in [-0.25, -0.2) is 9.37 Å². The van der Waals surface area contributed by atoms with E-state index in [4.69, 9.17) is 4.74 Å². The Labute approximate surface area is 171 Å². The van der Waals surface area contributed by atoms with Gasteiger partial charge in [0.05, 0.1) is 29.6 Å². The summed E-state index contributed by atoms with van der Waals surface area (Å²) < 4.78 is 21.3. The Morgan fingerprint density at radius 1 is 1.25 bits per heavy atom. The average molecular weight is 420 g/mol. The summed E-state index contributed by atoms with van der Waals surface area (Å²) in [5, 5.41) is 12.8. The molecule has 0 unspecified atom stereocenters. The van der Waals surface area contributed by atoms with Crippen LogP contribution in [0.25, 0.3) is 5.69 Å². The Morgan fingerprint density at radius 3 is 2.89 bits per heavy atom. The predicted molar refractivity (Wildman–Crippen MR) is 110 cm³/mol. The molecular weight excluding hydrogens is 397 g/mol. The molecule has 4 rings (SSSR count). The van der Waals surface area contributed by atoms with E-state index < -0.39 is 0 Å². The van der Waals surface area contributed by atoms with E-state index in [1.807, 2.05) is 10.6 Å². The lowest BCUT2D eigenvalue weighted by Gasteiger charge is -2.27. The Balaban J connectivity index is 1.61. The molecule has 1 aromatic carbocycles. The van der Waals surface area contributed by atoms with Crippen molar-refractivity contribution in [3.63, 3.8) is 0 Å². The van der Waals surface area contributed by atoms with Crippen LogP contribution in [0.4, 0.5) is 10.3 Å². The molecule has 2 aromatic heterocycles. The van der Waals surface area contributed by atoms with Crippen LogP contribution in [0.3, 0.4) is 0 Å². The molecule has 0 radical (unpaired) electrons. The summed E-state index contributed by atoms with van der Waals surface area (Å²) in [4.78, 5) is 6.81. The van der Waals surface area contributed by atoms with Crippen LogP contribution in [0.15, 0.2) is 34.8 Å². The molecule has 1 aliphatic heterocycles. The largest absolute Gasteiger partial charge is 0.378 e. The number of morpholine rings is 1. The molecule has 0 atom stereocenters. The number of hydrogen-bond acceptors (Lipinski definition) is 7. The number of aryl methyl sites for hydroxylation is 1. The number of hydrogen-bond donors (Lipinski definition) is 0. The third kappa shape index (κ3) is 4.37. The highest BCUT2D eigenvalue weighted by atomic mass is 32.2. The van der Waals surface area contributed by atoms with E-state index in [9.17, 15) is 4.39 Å². The third-order valence-electron chi connectivity index (χ3n) is 4.39. The third-order valence-corrected chi connectivity index (χ3v) is 6.31. The predicted octanol–water partition coefficient (Wildman–Crippen LogP) is 3.94. The van der Waals surface area contributed by atoms with Crippen molar-refractivity contribution in [2.45, 2.75) is 30.7 Å². The maximum absolute atomic E-state index is 13.9. The highest BCUT2D eigenvalue weighted by Gasteiger charge is 2.22. The second-order valence-corrected chi connectivity index (χ2v) is 8.35. The number of thioether (sulfide) groups is 1. The zero-order valence-corrected chi connectivity index (χ0v) is 17.3. The second kappa shape index (κ2) is 9.02. The smallest absolute Gasteiger partial charge is 0.232 e. The molecule has 0 saturated carbocycles. The molecule has 1 fully saturated rings. The summed E-state index contributed by atoms with van der Waals surface area (Å²) >= 11 is 3.27. The fourth-order valence-corrected chi connectivity index (χ4v) is 4.89. The minimum absolute atomic E-state index is 0.279. The summed E-state index contributed by atoms with van der Waals surface area (Å²) in [6.07, 6.45) is 2.10. The number of benzene rings is 1. The second-order valence-electron chi connectivity index (χ2n) is 6.47. The first-order valence-corrected chi connectivity index (χ1v) is 11.2. The fraction of sp³-hybridized carbons (Fsp3) is 0.421. The molecule has 1 aliphatic rings. The molecule has 0 aliphatic carbocycles. The first-order chi connectivity index (χ1) is 13.7. The number of anilines is 1. The van der Waals surface area contributed by atoms with Gasteiger partial charge in [-0.15, -0.1) is 21.5 Å². The summed E-state index contributed by atoms with van der Waals surface area (Å²) in [7, 11) is 0. The van der Waals surface area contributed by atoms with Crippen LogP contribution in [0, 0.1) is 5.82 Å². The van der Waals surface area contributed by atoms with E-state index >= 15 is 0 Å². The van der Waals surface area contributed by atoms with Crippen LogP contribution in [-0.2, 0) is 16.9 Å². The molecule has 148 valence electrons. The minimum atomic E-state index is -0.279. The van der Waals surface area contributed by atoms with Gasteiger partial charge >= 0.3 is 0 Å². The molecule has 1 saturated heterocycles. The van der Waals surface area contributed by atoms with Crippen molar-refractivity contribution in [3.05, 3.63) is 46.2 Å². The molecule has 0 bridgehead atoms. The van der Waals surface area contributed by atoms with Gasteiger partial charge in [-0.1, -0.05) is 24.8 Å². The van der Waals surface area contributed by atoms with Gasteiger partial charge in [-0.05, 0) is 31.0 Å². The van der Waals surface area contributed by atoms with Crippen LogP contribution in [0.2, 0.25) is 0 Å². The van der Waals surface area contributed by atoms with Crippen LogP contribution in [0.1, 0.15) is 24.0 Å². The molecule has 0 spiro atoms. The molecule has 0 amide bonds. The van der Waals surface area contributed by atoms with Crippen molar-refractivity contribution in [2.75, 3.05) is 31.2 Å². The van der Waals surface area contributed by atoms with Crippen molar-refractivity contribution in [1.82, 2.24) is 19.7 Å². The number of halogens is 1. The van der Waals surface area contributed by atoms with E-state index in [0.29, 0.717) is 19.0 Å². The number of ether oxygens (including phenoxy) is 1. The lowest BCUT2D eigenvalue weighted by molar-refractivity contribution is 0.122. The van der Waals surface area contributed by atoms with Gasteiger partial charge in [-0.3, -0.25) is 4.57 Å². The first-order valence-electron chi connectivity index (χ1n) is 9.34. The van der Waals surface area contributed by atoms with Crippen molar-refractivity contribution in [2.24, 2.45) is 0 Å². The van der Waals surface area contributed by atoms with Gasteiger partial charge in [0, 0.05) is 24.2 Å². The highest BCUT2D eigenvalue weighted by molar-refractivity contribution is 7.98. The van der Waals surface area contributed by atoms with Crippen LogP contribution < -0.4 is 4.90 Å². The lowest BCUT2D eigenvalue weighted by atomic mass is 10.3. The Kier molecular flexibility index (Phi) is 6.23. The SMILES string of the molecule is CCCc1nc(CSc2nnc(N3CCOCC3)n2-c2cccc(F)c2)cs1. The zero-order valence-electron chi connectivity index (χ0n) is 15.7. The molecule has 6 nitrogen and oxygen atoms in total. The van der Waals surface area contributed by atoms with Gasteiger partial charge in [0.2, 0.25) is 5.95 Å². The Bertz CT molecular complexity index is 923. The van der Waals surface area contributed by atoms with E-state index in [2.05, 4.69) is 32.4 Å². The average Bonchev–Trinajstić information content (AvgIpc) is 3.34. The zero-order chi connectivity index (χ0) is 19.3. The minimum Gasteiger partial charge on any atom is -0.378 e. The van der Waals surface area contributed by atoms with Crippen molar-refractivity contribution in [1.29, 1.82) is 0 Å². The van der Waals surface area contributed by atoms with E-state index in [1.54, 1.807) is 29.2 Å². The van der Waals surface area contributed by atoms with E-state index in [1.165, 1.54) is 17.1 Å². The molecule has 3 heterocycles. The van der Waals surface area contributed by atoms with Gasteiger partial charge in [-0.2, -0.15) is 0 Å². The molecule has 3 aromatic rings. The van der Waals surface area contributed by atoms with Crippen molar-refractivity contribution in [3.8, 4) is 5.69 Å². The van der Waals surface area contributed by atoms with Crippen molar-refractivity contribution < 1.29 is 9.13 Å². The molecule has 28 heavy (non-hydrogen) atoms. The Hall–Kier alpha value is -1.97. The Morgan fingerprint density at radius 2 is 2.11 bits per heavy atom. The highest BCUT2D eigenvalue weighted by Crippen LogP contribution is 2.30. The normalized spacial score (nSPS) is 14.6. The van der Waals surface area contributed by atoms with Gasteiger partial charge in [0.1, 0.15) is 5.82 Å². The molecule has 9 heteroatoms. The number of aromatic nitrogens is 4. The number of rotatable bonds is 7.